The van der Waals surface area contributed by atoms with Gasteiger partial charge in [0.15, 0.2) is 0 Å². The van der Waals surface area contributed by atoms with Crippen LogP contribution in [0.4, 0.5) is 0 Å². The molecular weight excluding hydrogens is 192 g/mol. The maximum Gasteiger partial charge on any atom is 0.247 e. The summed E-state index contributed by atoms with van der Waals surface area (Å²) in [6.07, 6.45) is 2.71. The lowest BCUT2D eigenvalue weighted by Crippen LogP contribution is -2.24. The van der Waals surface area contributed by atoms with Crippen LogP contribution in [0.3, 0.4) is 0 Å². The topological polar surface area (TPSA) is 51.0 Å². The number of likely N-dealkylation sites (tertiary alicyclic amines) is 1. The molecule has 1 amide bonds. The first-order chi connectivity index (χ1) is 7.09. The average molecular weight is 208 g/mol. The summed E-state index contributed by atoms with van der Waals surface area (Å²) < 4.78 is 1.70. The minimum absolute atomic E-state index is 0.134. The van der Waals surface area contributed by atoms with Crippen molar-refractivity contribution >= 4 is 5.91 Å². The molecule has 0 radical (unpaired) electrons. The van der Waals surface area contributed by atoms with Crippen molar-refractivity contribution in [2.45, 2.75) is 32.2 Å². The number of aromatic nitrogens is 3. The van der Waals surface area contributed by atoms with Gasteiger partial charge in [-0.15, -0.1) is 5.10 Å². The molecule has 15 heavy (non-hydrogen) atoms. The Kier molecular flexibility index (Phi) is 2.46. The van der Waals surface area contributed by atoms with Crippen molar-refractivity contribution in [2.24, 2.45) is 0 Å². The first kappa shape index (κ1) is 10.1. The van der Waals surface area contributed by atoms with Gasteiger partial charge in [-0.3, -0.25) is 4.79 Å². The number of rotatable bonds is 2. The van der Waals surface area contributed by atoms with Crippen LogP contribution in [0.5, 0.6) is 0 Å². The van der Waals surface area contributed by atoms with Gasteiger partial charge in [-0.1, -0.05) is 19.1 Å². The molecule has 1 unspecified atom stereocenters. The van der Waals surface area contributed by atoms with Crippen LogP contribution in [0.2, 0.25) is 0 Å². The van der Waals surface area contributed by atoms with Crippen molar-refractivity contribution in [3.63, 3.8) is 0 Å². The quantitative estimate of drug-likeness (QED) is 0.722. The third-order valence-electron chi connectivity index (χ3n) is 2.84. The van der Waals surface area contributed by atoms with E-state index < -0.39 is 0 Å². The fourth-order valence-corrected chi connectivity index (χ4v) is 1.76. The predicted molar refractivity (Wildman–Crippen MR) is 55.4 cm³/mol. The summed E-state index contributed by atoms with van der Waals surface area (Å²) in [5, 5.41) is 8.09. The number of carbonyl (C=O) groups is 1. The van der Waals surface area contributed by atoms with Crippen LogP contribution < -0.4 is 0 Å². The zero-order valence-corrected chi connectivity index (χ0v) is 9.34. The van der Waals surface area contributed by atoms with E-state index in [0.29, 0.717) is 5.92 Å². The van der Waals surface area contributed by atoms with Crippen molar-refractivity contribution in [3.05, 3.63) is 11.9 Å². The number of nitrogens with zero attached hydrogens (tertiary/aromatic N) is 4. The molecule has 0 aliphatic carbocycles. The number of hydrogen-bond donors (Lipinski definition) is 0. The molecule has 1 aromatic rings. The van der Waals surface area contributed by atoms with E-state index in [1.807, 2.05) is 13.2 Å². The number of hydrogen-bond acceptors (Lipinski definition) is 3. The standard InChI is InChI=1S/C10H16N4O/c1-7(2)8-6-14(12-11-8)9-4-5-13(3)10(9)15/h6-7,9H,4-5H2,1-3H3. The maximum atomic E-state index is 11.7. The zero-order valence-electron chi connectivity index (χ0n) is 9.34. The normalized spacial score (nSPS) is 21.7. The van der Waals surface area contributed by atoms with E-state index in [1.54, 1.807) is 9.58 Å². The Bertz CT molecular complexity index is 371. The van der Waals surface area contributed by atoms with Gasteiger partial charge < -0.3 is 4.90 Å². The Labute approximate surface area is 89.1 Å². The van der Waals surface area contributed by atoms with Gasteiger partial charge in [0, 0.05) is 19.8 Å². The molecule has 1 aliphatic heterocycles. The fraction of sp³-hybridized carbons (Fsp3) is 0.700. The third-order valence-corrected chi connectivity index (χ3v) is 2.84. The van der Waals surface area contributed by atoms with Gasteiger partial charge in [0.1, 0.15) is 6.04 Å². The summed E-state index contributed by atoms with van der Waals surface area (Å²) in [6, 6.07) is -0.144. The van der Waals surface area contributed by atoms with E-state index in [2.05, 4.69) is 24.2 Å². The number of likely N-dealkylation sites (N-methyl/N-ethyl adjacent to an activating group) is 1. The van der Waals surface area contributed by atoms with Gasteiger partial charge in [-0.2, -0.15) is 0 Å². The SMILES string of the molecule is CC(C)c1cn(C2CCN(C)C2=O)nn1. The first-order valence-corrected chi connectivity index (χ1v) is 5.26. The van der Waals surface area contributed by atoms with Gasteiger partial charge in [0.05, 0.1) is 5.69 Å². The van der Waals surface area contributed by atoms with Crippen molar-refractivity contribution in [1.29, 1.82) is 0 Å². The monoisotopic (exact) mass is 208 g/mol. The molecule has 1 saturated heterocycles. The molecule has 1 aromatic heterocycles. The Balaban J connectivity index is 2.20. The molecular formula is C10H16N4O. The Morgan fingerprint density at radius 1 is 1.53 bits per heavy atom. The van der Waals surface area contributed by atoms with E-state index in [4.69, 9.17) is 0 Å². The van der Waals surface area contributed by atoms with Gasteiger partial charge in [0.2, 0.25) is 5.91 Å². The minimum Gasteiger partial charge on any atom is -0.344 e. The van der Waals surface area contributed by atoms with Gasteiger partial charge in [-0.25, -0.2) is 4.68 Å². The van der Waals surface area contributed by atoms with Gasteiger partial charge in [0.25, 0.3) is 0 Å². The molecule has 0 bridgehead atoms. The lowest BCUT2D eigenvalue weighted by Gasteiger charge is -2.09. The van der Waals surface area contributed by atoms with E-state index in [9.17, 15) is 4.79 Å². The molecule has 1 aliphatic rings. The second kappa shape index (κ2) is 3.64. The molecule has 5 heteroatoms. The third kappa shape index (κ3) is 1.73. The van der Waals surface area contributed by atoms with Crippen molar-refractivity contribution in [2.75, 3.05) is 13.6 Å². The highest BCUT2D eigenvalue weighted by Gasteiger charge is 2.31. The molecule has 2 rings (SSSR count). The minimum atomic E-state index is -0.144. The zero-order chi connectivity index (χ0) is 11.0. The van der Waals surface area contributed by atoms with Crippen LogP contribution in [0, 0.1) is 0 Å². The summed E-state index contributed by atoms with van der Waals surface area (Å²) in [5.74, 6) is 0.489. The largest absolute Gasteiger partial charge is 0.344 e. The molecule has 5 nitrogen and oxygen atoms in total. The highest BCUT2D eigenvalue weighted by molar-refractivity contribution is 5.82. The summed E-state index contributed by atoms with van der Waals surface area (Å²) in [5.41, 5.74) is 0.942. The number of amides is 1. The molecule has 1 fully saturated rings. The Hall–Kier alpha value is -1.39. The van der Waals surface area contributed by atoms with Gasteiger partial charge >= 0.3 is 0 Å². The Morgan fingerprint density at radius 2 is 2.27 bits per heavy atom. The molecule has 1 atom stereocenters. The van der Waals surface area contributed by atoms with Crippen LogP contribution >= 0.6 is 0 Å². The van der Waals surface area contributed by atoms with Crippen molar-refractivity contribution < 1.29 is 4.79 Å². The fourth-order valence-electron chi connectivity index (χ4n) is 1.76. The highest BCUT2D eigenvalue weighted by atomic mass is 16.2. The molecule has 2 heterocycles. The van der Waals surface area contributed by atoms with Crippen LogP contribution in [0.1, 0.15) is 37.9 Å². The van der Waals surface area contributed by atoms with Crippen LogP contribution in [0.15, 0.2) is 6.20 Å². The van der Waals surface area contributed by atoms with Crippen LogP contribution in [-0.2, 0) is 4.79 Å². The lowest BCUT2D eigenvalue weighted by atomic mass is 10.1. The van der Waals surface area contributed by atoms with E-state index in [1.165, 1.54) is 0 Å². The van der Waals surface area contributed by atoms with Crippen LogP contribution in [-0.4, -0.2) is 39.4 Å². The smallest absolute Gasteiger partial charge is 0.247 e. The van der Waals surface area contributed by atoms with Crippen molar-refractivity contribution in [1.82, 2.24) is 19.9 Å². The van der Waals surface area contributed by atoms with E-state index >= 15 is 0 Å². The predicted octanol–water partition coefficient (Wildman–Crippen LogP) is 0.805. The molecule has 82 valence electrons. The molecule has 0 spiro atoms. The number of carbonyl (C=O) groups excluding carboxylic acids is 1. The maximum absolute atomic E-state index is 11.7. The summed E-state index contributed by atoms with van der Waals surface area (Å²) in [4.78, 5) is 13.5. The van der Waals surface area contributed by atoms with E-state index in [-0.39, 0.29) is 11.9 Å². The molecule has 0 N–H and O–H groups in total. The van der Waals surface area contributed by atoms with Crippen LogP contribution in [0.25, 0.3) is 0 Å². The van der Waals surface area contributed by atoms with Crippen molar-refractivity contribution in [3.8, 4) is 0 Å². The summed E-state index contributed by atoms with van der Waals surface area (Å²) in [7, 11) is 1.82. The summed E-state index contributed by atoms with van der Waals surface area (Å²) in [6.45, 7) is 4.94. The highest BCUT2D eigenvalue weighted by Crippen LogP contribution is 2.22. The second-order valence-electron chi connectivity index (χ2n) is 4.34. The van der Waals surface area contributed by atoms with Gasteiger partial charge in [-0.05, 0) is 12.3 Å². The average Bonchev–Trinajstić information content (AvgIpc) is 2.76. The molecule has 0 aromatic carbocycles. The van der Waals surface area contributed by atoms with E-state index in [0.717, 1.165) is 18.7 Å². The first-order valence-electron chi connectivity index (χ1n) is 5.26. The Morgan fingerprint density at radius 3 is 2.73 bits per heavy atom. The second-order valence-corrected chi connectivity index (χ2v) is 4.34. The molecule has 0 saturated carbocycles. The lowest BCUT2D eigenvalue weighted by molar-refractivity contribution is -0.129. The summed E-state index contributed by atoms with van der Waals surface area (Å²) >= 11 is 0.